The molecule has 0 aromatic carbocycles. The average molecular weight is 490 g/mol. The molecule has 10 atom stereocenters. The van der Waals surface area contributed by atoms with Gasteiger partial charge in [0, 0.05) is 56.5 Å². The van der Waals surface area contributed by atoms with Gasteiger partial charge in [0.15, 0.2) is 0 Å². The summed E-state index contributed by atoms with van der Waals surface area (Å²) in [6.45, 7) is 4.09. The van der Waals surface area contributed by atoms with Gasteiger partial charge in [-0.15, -0.1) is 0 Å². The van der Waals surface area contributed by atoms with Gasteiger partial charge in [-0.05, 0) is 51.5 Å². The number of hydrogen-bond acceptors (Lipinski definition) is 10. The smallest absolute Gasteiger partial charge is 0.0355 e. The monoisotopic (exact) mass is 489 g/mol. The van der Waals surface area contributed by atoms with Crippen LogP contribution >= 0.6 is 58.8 Å². The van der Waals surface area contributed by atoms with Crippen LogP contribution in [0.5, 0.6) is 0 Å². The van der Waals surface area contributed by atoms with Crippen LogP contribution in [0.4, 0.5) is 0 Å². The second kappa shape index (κ2) is 15.4. The van der Waals surface area contributed by atoms with Gasteiger partial charge in [0.05, 0.1) is 0 Å². The van der Waals surface area contributed by atoms with Crippen LogP contribution in [0, 0.1) is 0 Å². The molecule has 0 aromatic rings. The Labute approximate surface area is 194 Å². The van der Waals surface area contributed by atoms with Crippen LogP contribution in [0.3, 0.4) is 0 Å². The minimum absolute atomic E-state index is 0.00777. The maximum atomic E-state index is 6.72. The van der Waals surface area contributed by atoms with Crippen molar-refractivity contribution in [3.63, 3.8) is 0 Å². The van der Waals surface area contributed by atoms with Crippen LogP contribution in [-0.2, 0) is 0 Å². The SMILES string of the molecule is CSC(C(C)N)C(N)C(SC)C(SC)C(N)CC(N)C(SC)C(SC)C(C)N. The first-order chi connectivity index (χ1) is 13.1. The summed E-state index contributed by atoms with van der Waals surface area (Å²) in [5.74, 6) is 0. The zero-order chi connectivity index (χ0) is 22.0. The molecule has 0 spiro atoms. The summed E-state index contributed by atoms with van der Waals surface area (Å²) in [5.41, 5.74) is 32.4. The predicted molar refractivity (Wildman–Crippen MR) is 142 cm³/mol. The first-order valence-electron chi connectivity index (χ1n) is 9.52. The number of hydrogen-bond donors (Lipinski definition) is 5. The predicted octanol–water partition coefficient (Wildman–Crippen LogP) is 1.71. The van der Waals surface area contributed by atoms with E-state index >= 15 is 0 Å². The molecule has 10 heteroatoms. The van der Waals surface area contributed by atoms with E-state index in [1.54, 1.807) is 58.8 Å². The van der Waals surface area contributed by atoms with Crippen LogP contribution in [0.1, 0.15) is 20.3 Å². The zero-order valence-corrected chi connectivity index (χ0v) is 22.5. The van der Waals surface area contributed by atoms with Crippen LogP contribution < -0.4 is 28.7 Å². The molecular weight excluding hydrogens is 447 g/mol. The van der Waals surface area contributed by atoms with Crippen molar-refractivity contribution in [1.29, 1.82) is 0 Å². The molecule has 0 radical (unpaired) electrons. The highest BCUT2D eigenvalue weighted by Gasteiger charge is 2.38. The van der Waals surface area contributed by atoms with Gasteiger partial charge < -0.3 is 28.7 Å². The third kappa shape index (κ3) is 8.59. The molecule has 170 valence electrons. The summed E-state index contributed by atoms with van der Waals surface area (Å²) in [6, 6.07) is 0.0618. The summed E-state index contributed by atoms with van der Waals surface area (Å²) >= 11 is 8.92. The Bertz CT molecular complexity index is 405. The standard InChI is InChI=1S/C18H43N5S5/c1-9(19)14(24-3)13(23)18(28-7)17(27-6)12(22)8-11(21)16(26-5)15(25-4)10(2)20/h9-18H,8,19-23H2,1-7H3. The van der Waals surface area contributed by atoms with Gasteiger partial charge >= 0.3 is 0 Å². The third-order valence-corrected chi connectivity index (χ3v) is 11.6. The largest absolute Gasteiger partial charge is 0.327 e. The number of thioether (sulfide) groups is 5. The summed E-state index contributed by atoms with van der Waals surface area (Å²) in [4.78, 5) is 0. The zero-order valence-electron chi connectivity index (χ0n) is 18.4. The maximum absolute atomic E-state index is 6.72. The Hall–Kier alpha value is 1.55. The third-order valence-electron chi connectivity index (χ3n) is 5.19. The minimum atomic E-state index is -0.0330. The lowest BCUT2D eigenvalue weighted by atomic mass is 9.94. The average Bonchev–Trinajstić information content (AvgIpc) is 2.62. The second-order valence-corrected chi connectivity index (χ2v) is 12.4. The van der Waals surface area contributed by atoms with E-state index in [2.05, 4.69) is 38.2 Å². The second-order valence-electron chi connectivity index (χ2n) is 7.36. The lowest BCUT2D eigenvalue weighted by Crippen LogP contribution is -2.57. The number of nitrogens with two attached hydrogens (primary N) is 5. The van der Waals surface area contributed by atoms with E-state index in [9.17, 15) is 0 Å². The number of rotatable bonds is 15. The van der Waals surface area contributed by atoms with E-state index in [1.807, 2.05) is 6.92 Å². The van der Waals surface area contributed by atoms with Crippen LogP contribution in [0.2, 0.25) is 0 Å². The van der Waals surface area contributed by atoms with E-state index in [0.717, 1.165) is 6.42 Å². The lowest BCUT2D eigenvalue weighted by molar-refractivity contribution is 0.447. The Kier molecular flexibility index (Phi) is 16.2. The quantitative estimate of drug-likeness (QED) is 0.232. The van der Waals surface area contributed by atoms with Crippen molar-refractivity contribution in [2.45, 2.75) is 76.7 Å². The van der Waals surface area contributed by atoms with E-state index in [-0.39, 0.29) is 51.2 Å². The fourth-order valence-corrected chi connectivity index (χ4v) is 9.84. The molecule has 5 nitrogen and oxygen atoms in total. The molecule has 0 rings (SSSR count). The van der Waals surface area contributed by atoms with E-state index in [1.165, 1.54) is 0 Å². The molecule has 0 aliphatic heterocycles. The topological polar surface area (TPSA) is 130 Å². The molecule has 0 aliphatic carbocycles. The van der Waals surface area contributed by atoms with Crippen molar-refractivity contribution in [2.75, 3.05) is 31.3 Å². The highest BCUT2D eigenvalue weighted by molar-refractivity contribution is 8.03. The van der Waals surface area contributed by atoms with Gasteiger partial charge in [-0.2, -0.15) is 58.8 Å². The lowest BCUT2D eigenvalue weighted by Gasteiger charge is -2.39. The molecule has 0 aromatic heterocycles. The molecule has 0 bridgehead atoms. The fourth-order valence-electron chi connectivity index (χ4n) is 3.76. The molecule has 0 saturated heterocycles. The first-order valence-corrected chi connectivity index (χ1v) is 16.0. The Morgan fingerprint density at radius 1 is 0.500 bits per heavy atom. The summed E-state index contributed by atoms with van der Waals surface area (Å²) < 4.78 is 0. The molecule has 0 aliphatic rings. The van der Waals surface area contributed by atoms with Crippen molar-refractivity contribution in [1.82, 2.24) is 0 Å². The fraction of sp³-hybridized carbons (Fsp3) is 1.00. The molecule has 0 fully saturated rings. The summed E-state index contributed by atoms with van der Waals surface area (Å²) in [6.07, 6.45) is 11.3. The van der Waals surface area contributed by atoms with Gasteiger partial charge in [-0.1, -0.05) is 0 Å². The van der Waals surface area contributed by atoms with Crippen LogP contribution in [0.15, 0.2) is 0 Å². The maximum Gasteiger partial charge on any atom is 0.0355 e. The Morgan fingerprint density at radius 2 is 0.821 bits per heavy atom. The van der Waals surface area contributed by atoms with Gasteiger partial charge in [-0.25, -0.2) is 0 Å². The molecular formula is C18H43N5S5. The Balaban J connectivity index is 5.34. The normalized spacial score (nSPS) is 23.1. The van der Waals surface area contributed by atoms with Crippen molar-refractivity contribution >= 4 is 58.8 Å². The Morgan fingerprint density at radius 3 is 1.11 bits per heavy atom. The summed E-state index contributed by atoms with van der Waals surface area (Å²) in [7, 11) is 0. The van der Waals surface area contributed by atoms with E-state index in [0.29, 0.717) is 5.25 Å². The van der Waals surface area contributed by atoms with Crippen molar-refractivity contribution in [2.24, 2.45) is 28.7 Å². The van der Waals surface area contributed by atoms with Gasteiger partial charge in [0.1, 0.15) is 0 Å². The molecule has 10 unspecified atom stereocenters. The minimum Gasteiger partial charge on any atom is -0.327 e. The molecule has 0 amide bonds. The molecule has 0 saturated carbocycles. The van der Waals surface area contributed by atoms with Gasteiger partial charge in [-0.3, -0.25) is 0 Å². The molecule has 28 heavy (non-hydrogen) atoms. The van der Waals surface area contributed by atoms with E-state index < -0.39 is 0 Å². The van der Waals surface area contributed by atoms with Crippen molar-refractivity contribution < 1.29 is 0 Å². The van der Waals surface area contributed by atoms with Crippen LogP contribution in [-0.4, -0.2) is 87.7 Å². The highest BCUT2D eigenvalue weighted by Crippen LogP contribution is 2.33. The van der Waals surface area contributed by atoms with Crippen LogP contribution in [0.25, 0.3) is 0 Å². The first kappa shape index (κ1) is 29.5. The van der Waals surface area contributed by atoms with Gasteiger partial charge in [0.25, 0.3) is 0 Å². The summed E-state index contributed by atoms with van der Waals surface area (Å²) in [5, 5.41) is 1.22. The van der Waals surface area contributed by atoms with Crippen molar-refractivity contribution in [3.05, 3.63) is 0 Å². The molecule has 10 N–H and O–H groups in total. The van der Waals surface area contributed by atoms with Gasteiger partial charge in [0.2, 0.25) is 0 Å². The van der Waals surface area contributed by atoms with E-state index in [4.69, 9.17) is 28.7 Å². The molecule has 0 heterocycles. The van der Waals surface area contributed by atoms with Crippen molar-refractivity contribution in [3.8, 4) is 0 Å². The highest BCUT2D eigenvalue weighted by atomic mass is 32.2.